The third-order valence-corrected chi connectivity index (χ3v) is 6.56. The van der Waals surface area contributed by atoms with Gasteiger partial charge in [0.2, 0.25) is 0 Å². The lowest BCUT2D eigenvalue weighted by Crippen LogP contribution is -2.26. The Morgan fingerprint density at radius 1 is 1.06 bits per heavy atom. The average Bonchev–Trinajstić information content (AvgIpc) is 2.86. The summed E-state index contributed by atoms with van der Waals surface area (Å²) in [5.74, 6) is -1.04. The molecule has 180 valence electrons. The molecule has 10 heteroatoms. The number of methoxy groups -OCH3 is 1. The molecule has 4 rings (SSSR count). The summed E-state index contributed by atoms with van der Waals surface area (Å²) in [4.78, 5) is 39.6. The Bertz CT molecular complexity index is 1250. The highest BCUT2D eigenvalue weighted by molar-refractivity contribution is 7.99. The van der Waals surface area contributed by atoms with E-state index in [2.05, 4.69) is 10.2 Å². The number of aryl methyl sites for hydroxylation is 1. The van der Waals surface area contributed by atoms with E-state index < -0.39 is 23.4 Å². The fourth-order valence-corrected chi connectivity index (χ4v) is 4.84. The van der Waals surface area contributed by atoms with Gasteiger partial charge in [-0.05, 0) is 36.8 Å². The zero-order valence-electron chi connectivity index (χ0n) is 19.1. The molecule has 0 aromatic heterocycles. The number of nitrogens with zero attached hydrogens (tertiary/aromatic N) is 2. The molecule has 1 aliphatic rings. The first-order valence-electron chi connectivity index (χ1n) is 10.8. The van der Waals surface area contributed by atoms with Crippen LogP contribution in [0.15, 0.2) is 70.5 Å². The SMILES string of the molecule is COc1cc(NC(=O)COC(=O)CCN2c3ccccc3Sc3ccccc32)c(C)cc1[N+](=O)[O-]. The fourth-order valence-electron chi connectivity index (χ4n) is 3.74. The summed E-state index contributed by atoms with van der Waals surface area (Å²) in [6.45, 7) is 1.55. The normalized spacial score (nSPS) is 11.8. The lowest BCUT2D eigenvalue weighted by Gasteiger charge is -2.32. The van der Waals surface area contributed by atoms with Gasteiger partial charge in [-0.15, -0.1) is 0 Å². The summed E-state index contributed by atoms with van der Waals surface area (Å²) in [5, 5.41) is 13.7. The van der Waals surface area contributed by atoms with E-state index in [1.54, 1.807) is 18.7 Å². The Kier molecular flexibility index (Phi) is 7.21. The number of fused-ring (bicyclic) bond motifs is 2. The summed E-state index contributed by atoms with van der Waals surface area (Å²) in [6, 6.07) is 18.7. The van der Waals surface area contributed by atoms with Crippen molar-refractivity contribution in [2.45, 2.75) is 23.1 Å². The van der Waals surface area contributed by atoms with Crippen molar-refractivity contribution in [3.63, 3.8) is 0 Å². The molecule has 1 amide bonds. The number of rotatable bonds is 8. The minimum atomic E-state index is -0.558. The van der Waals surface area contributed by atoms with Crippen molar-refractivity contribution < 1.29 is 24.0 Å². The molecule has 1 aliphatic heterocycles. The summed E-state index contributed by atoms with van der Waals surface area (Å²) in [7, 11) is 1.31. The molecule has 0 bridgehead atoms. The van der Waals surface area contributed by atoms with E-state index in [0.29, 0.717) is 17.8 Å². The summed E-state index contributed by atoms with van der Waals surface area (Å²) in [6.07, 6.45) is 0.0883. The average molecular weight is 494 g/mol. The molecule has 0 fully saturated rings. The second-order valence-electron chi connectivity index (χ2n) is 7.74. The van der Waals surface area contributed by atoms with Gasteiger partial charge < -0.3 is 19.7 Å². The first kappa shape index (κ1) is 24.1. The first-order valence-corrected chi connectivity index (χ1v) is 11.6. The van der Waals surface area contributed by atoms with Gasteiger partial charge in [0.05, 0.1) is 29.8 Å². The van der Waals surface area contributed by atoms with Crippen LogP contribution in [0.3, 0.4) is 0 Å². The van der Waals surface area contributed by atoms with E-state index in [-0.39, 0.29) is 17.9 Å². The standard InChI is InChI=1S/C25H23N3O6S/c1-16-13-20(28(31)32)21(33-2)14-17(16)26-24(29)15-34-25(30)11-12-27-18-7-3-5-9-22(18)35-23-10-6-4-8-19(23)27/h3-10,13-14H,11-12,15H2,1-2H3,(H,26,29). The van der Waals surface area contributed by atoms with Crippen LogP contribution in [0.5, 0.6) is 5.75 Å². The van der Waals surface area contributed by atoms with Gasteiger partial charge in [-0.2, -0.15) is 0 Å². The number of nitro benzene ring substituents is 1. The molecule has 1 heterocycles. The minimum absolute atomic E-state index is 0.0214. The van der Waals surface area contributed by atoms with Crippen LogP contribution >= 0.6 is 11.8 Å². The van der Waals surface area contributed by atoms with Crippen molar-refractivity contribution in [2.24, 2.45) is 0 Å². The molecule has 3 aromatic rings. The van der Waals surface area contributed by atoms with Gasteiger partial charge in [-0.25, -0.2) is 0 Å². The molecule has 0 radical (unpaired) electrons. The molecule has 0 saturated carbocycles. The van der Waals surface area contributed by atoms with E-state index in [1.165, 1.54) is 19.2 Å². The van der Waals surface area contributed by atoms with Crippen LogP contribution in [0.4, 0.5) is 22.7 Å². The Labute approximate surface area is 206 Å². The third-order valence-electron chi connectivity index (χ3n) is 5.43. The van der Waals surface area contributed by atoms with E-state index in [9.17, 15) is 19.7 Å². The van der Waals surface area contributed by atoms with Gasteiger partial charge in [0.25, 0.3) is 5.91 Å². The molecular formula is C25H23N3O6S. The second-order valence-corrected chi connectivity index (χ2v) is 8.83. The summed E-state index contributed by atoms with van der Waals surface area (Å²) >= 11 is 1.68. The maximum Gasteiger partial charge on any atom is 0.311 e. The van der Waals surface area contributed by atoms with Crippen molar-refractivity contribution >= 4 is 46.4 Å². The Hall–Kier alpha value is -4.05. The van der Waals surface area contributed by atoms with E-state index in [0.717, 1.165) is 21.2 Å². The maximum atomic E-state index is 12.4. The van der Waals surface area contributed by atoms with E-state index in [4.69, 9.17) is 9.47 Å². The number of carbonyl (C=O) groups excluding carboxylic acids is 2. The van der Waals surface area contributed by atoms with E-state index >= 15 is 0 Å². The monoisotopic (exact) mass is 493 g/mol. The molecule has 3 aromatic carbocycles. The van der Waals surface area contributed by atoms with Crippen LogP contribution in [0.2, 0.25) is 0 Å². The van der Waals surface area contributed by atoms with Crippen LogP contribution in [0.25, 0.3) is 0 Å². The zero-order valence-corrected chi connectivity index (χ0v) is 20.0. The van der Waals surface area contributed by atoms with Gasteiger partial charge >= 0.3 is 11.7 Å². The molecule has 0 unspecified atom stereocenters. The number of para-hydroxylation sites is 2. The predicted molar refractivity (Wildman–Crippen MR) is 133 cm³/mol. The Morgan fingerprint density at radius 3 is 2.29 bits per heavy atom. The molecule has 35 heavy (non-hydrogen) atoms. The maximum absolute atomic E-state index is 12.4. The molecule has 9 nitrogen and oxygen atoms in total. The number of ether oxygens (including phenoxy) is 2. The molecular weight excluding hydrogens is 470 g/mol. The fraction of sp³-hybridized carbons (Fsp3) is 0.200. The smallest absolute Gasteiger partial charge is 0.311 e. The lowest BCUT2D eigenvalue weighted by atomic mass is 10.1. The molecule has 0 atom stereocenters. The number of hydrogen-bond acceptors (Lipinski definition) is 8. The molecule has 0 spiro atoms. The lowest BCUT2D eigenvalue weighted by molar-refractivity contribution is -0.385. The minimum Gasteiger partial charge on any atom is -0.490 e. The van der Waals surface area contributed by atoms with Gasteiger partial charge in [0.1, 0.15) is 0 Å². The number of esters is 1. The number of nitro groups is 1. The molecule has 0 aliphatic carbocycles. The molecule has 0 saturated heterocycles. The van der Waals surface area contributed by atoms with Gasteiger partial charge in [-0.1, -0.05) is 36.0 Å². The Morgan fingerprint density at radius 2 is 1.69 bits per heavy atom. The number of carbonyl (C=O) groups is 2. The Balaban J connectivity index is 1.35. The third kappa shape index (κ3) is 5.38. The van der Waals surface area contributed by atoms with Gasteiger partial charge in [0.15, 0.2) is 12.4 Å². The largest absolute Gasteiger partial charge is 0.490 e. The highest BCUT2D eigenvalue weighted by Crippen LogP contribution is 2.47. The highest BCUT2D eigenvalue weighted by atomic mass is 32.2. The van der Waals surface area contributed by atoms with Crippen LogP contribution in [-0.2, 0) is 14.3 Å². The predicted octanol–water partition coefficient (Wildman–Crippen LogP) is 5.09. The van der Waals surface area contributed by atoms with Crippen molar-refractivity contribution in [2.75, 3.05) is 30.5 Å². The number of amides is 1. The number of hydrogen-bond donors (Lipinski definition) is 1. The van der Waals surface area contributed by atoms with Crippen LogP contribution in [-0.4, -0.2) is 37.1 Å². The topological polar surface area (TPSA) is 111 Å². The quantitative estimate of drug-likeness (QED) is 0.263. The van der Waals surface area contributed by atoms with Crippen molar-refractivity contribution in [1.82, 2.24) is 0 Å². The number of anilines is 3. The summed E-state index contributed by atoms with van der Waals surface area (Å²) in [5.41, 5.74) is 2.66. The van der Waals surface area contributed by atoms with Crippen molar-refractivity contribution in [1.29, 1.82) is 0 Å². The van der Waals surface area contributed by atoms with Crippen LogP contribution in [0.1, 0.15) is 12.0 Å². The van der Waals surface area contributed by atoms with Gasteiger partial charge in [-0.3, -0.25) is 19.7 Å². The second kappa shape index (κ2) is 10.5. The van der Waals surface area contributed by atoms with Crippen molar-refractivity contribution in [3.05, 3.63) is 76.3 Å². The van der Waals surface area contributed by atoms with Gasteiger partial charge in [0, 0.05) is 34.2 Å². The highest BCUT2D eigenvalue weighted by Gasteiger charge is 2.24. The number of benzene rings is 3. The number of nitrogens with one attached hydrogen (secondary N) is 1. The zero-order chi connectivity index (χ0) is 24.9. The molecule has 1 N–H and O–H groups in total. The summed E-state index contributed by atoms with van der Waals surface area (Å²) < 4.78 is 10.2. The van der Waals surface area contributed by atoms with E-state index in [1.807, 2.05) is 48.5 Å². The van der Waals surface area contributed by atoms with Crippen LogP contribution in [0, 0.1) is 17.0 Å². The van der Waals surface area contributed by atoms with Crippen LogP contribution < -0.4 is 15.0 Å². The first-order chi connectivity index (χ1) is 16.9. The van der Waals surface area contributed by atoms with Crippen molar-refractivity contribution in [3.8, 4) is 5.75 Å².